The molecule has 0 aromatic carbocycles. The Morgan fingerprint density at radius 1 is 1.13 bits per heavy atom. The number of hydrogen-bond donors (Lipinski definition) is 3. The second kappa shape index (κ2) is 11.4. The number of alkyl halides is 3. The highest BCUT2D eigenvalue weighted by Gasteiger charge is 2.30. The number of hydrogen-bond acceptors (Lipinski definition) is 4. The van der Waals surface area contributed by atoms with Gasteiger partial charge in [0, 0.05) is 44.6 Å². The molecule has 2 aromatic rings. The van der Waals surface area contributed by atoms with Gasteiger partial charge < -0.3 is 16.0 Å². The smallest absolute Gasteiger partial charge is 0.370 e. The molecule has 0 spiro atoms. The summed E-state index contributed by atoms with van der Waals surface area (Å²) in [5.74, 6) is 1.17. The molecule has 0 unspecified atom stereocenters. The summed E-state index contributed by atoms with van der Waals surface area (Å²) in [6.45, 7) is 9.57. The molecule has 0 saturated carbocycles. The molecule has 0 atom stereocenters. The van der Waals surface area contributed by atoms with Crippen LogP contribution in [0.3, 0.4) is 0 Å². The first-order chi connectivity index (χ1) is 14.3. The number of aromatic nitrogens is 3. The van der Waals surface area contributed by atoms with Crippen LogP contribution in [0.5, 0.6) is 0 Å². The lowest BCUT2D eigenvalue weighted by molar-refractivity contribution is -0.137. The summed E-state index contributed by atoms with van der Waals surface area (Å²) < 4.78 is 39.6. The Balaban J connectivity index is 1.67. The number of halogens is 3. The average Bonchev–Trinajstić information content (AvgIpc) is 3.01. The Labute approximate surface area is 175 Å². The summed E-state index contributed by atoms with van der Waals surface area (Å²) in [6.07, 6.45) is -1.88. The minimum absolute atomic E-state index is 0.424. The SMILES string of the molecule is CCNC(=NCCCn1nc(C)cc1C)NCCCNc1ccc(C(F)(F)F)cn1. The molecule has 30 heavy (non-hydrogen) atoms. The van der Waals surface area contributed by atoms with Gasteiger partial charge in [-0.2, -0.15) is 18.3 Å². The third-order valence-electron chi connectivity index (χ3n) is 4.29. The maximum absolute atomic E-state index is 12.5. The van der Waals surface area contributed by atoms with Crippen LogP contribution in [-0.2, 0) is 12.7 Å². The molecule has 2 aromatic heterocycles. The highest BCUT2D eigenvalue weighted by Crippen LogP contribution is 2.28. The molecule has 0 amide bonds. The van der Waals surface area contributed by atoms with Crippen molar-refractivity contribution in [1.29, 1.82) is 0 Å². The molecular weight excluding hydrogens is 395 g/mol. The quantitative estimate of drug-likeness (QED) is 0.309. The highest BCUT2D eigenvalue weighted by molar-refractivity contribution is 5.79. The van der Waals surface area contributed by atoms with Crippen molar-refractivity contribution in [2.45, 2.75) is 46.3 Å². The molecule has 0 saturated heterocycles. The van der Waals surface area contributed by atoms with Crippen LogP contribution in [0.2, 0.25) is 0 Å². The van der Waals surface area contributed by atoms with Crippen LogP contribution < -0.4 is 16.0 Å². The van der Waals surface area contributed by atoms with Crippen LogP contribution in [0.15, 0.2) is 29.4 Å². The Morgan fingerprint density at radius 2 is 1.93 bits per heavy atom. The molecule has 2 heterocycles. The first kappa shape index (κ1) is 23.5. The standard InChI is InChI=1S/C20H30F3N7/c1-4-24-19(27-11-6-12-30-16(3)13-15(2)29-30)26-10-5-9-25-18-8-7-17(14-28-18)20(21,22)23/h7-8,13-14H,4-6,9-12H2,1-3H3,(H,25,28)(H2,24,26,27). The van der Waals surface area contributed by atoms with E-state index >= 15 is 0 Å². The van der Waals surface area contributed by atoms with Gasteiger partial charge in [0.05, 0.1) is 11.3 Å². The van der Waals surface area contributed by atoms with Crippen LogP contribution in [0.1, 0.15) is 36.7 Å². The van der Waals surface area contributed by atoms with Crippen LogP contribution >= 0.6 is 0 Å². The molecule has 10 heteroatoms. The summed E-state index contributed by atoms with van der Waals surface area (Å²) in [5.41, 5.74) is 1.42. The van der Waals surface area contributed by atoms with E-state index in [1.54, 1.807) is 0 Å². The Morgan fingerprint density at radius 3 is 2.53 bits per heavy atom. The van der Waals surface area contributed by atoms with Crippen molar-refractivity contribution in [2.24, 2.45) is 4.99 Å². The predicted octanol–water partition coefficient (Wildman–Crippen LogP) is 3.36. The molecule has 0 fully saturated rings. The molecule has 2 rings (SSSR count). The number of anilines is 1. The van der Waals surface area contributed by atoms with Crippen molar-refractivity contribution in [3.05, 3.63) is 41.3 Å². The van der Waals surface area contributed by atoms with Crippen molar-refractivity contribution >= 4 is 11.8 Å². The first-order valence-electron chi connectivity index (χ1n) is 10.1. The van der Waals surface area contributed by atoms with E-state index in [2.05, 4.69) is 37.1 Å². The van der Waals surface area contributed by atoms with Crippen LogP contribution in [0, 0.1) is 13.8 Å². The van der Waals surface area contributed by atoms with E-state index in [9.17, 15) is 13.2 Å². The van der Waals surface area contributed by atoms with Crippen molar-refractivity contribution in [1.82, 2.24) is 25.4 Å². The van der Waals surface area contributed by atoms with Crippen LogP contribution in [-0.4, -0.2) is 46.9 Å². The van der Waals surface area contributed by atoms with Gasteiger partial charge >= 0.3 is 6.18 Å². The number of aryl methyl sites for hydroxylation is 3. The van der Waals surface area contributed by atoms with Crippen molar-refractivity contribution in [2.75, 3.05) is 31.5 Å². The van der Waals surface area contributed by atoms with Gasteiger partial charge in [0.25, 0.3) is 0 Å². The van der Waals surface area contributed by atoms with Gasteiger partial charge in [0.1, 0.15) is 5.82 Å². The fraction of sp³-hybridized carbons (Fsp3) is 0.550. The molecule has 0 aliphatic heterocycles. The van der Waals surface area contributed by atoms with Crippen LogP contribution in [0.25, 0.3) is 0 Å². The fourth-order valence-corrected chi connectivity index (χ4v) is 2.83. The average molecular weight is 426 g/mol. The second-order valence-corrected chi connectivity index (χ2v) is 6.90. The summed E-state index contributed by atoms with van der Waals surface area (Å²) >= 11 is 0. The number of rotatable bonds is 10. The molecule has 0 bridgehead atoms. The number of pyridine rings is 1. The molecule has 0 aliphatic carbocycles. The highest BCUT2D eigenvalue weighted by atomic mass is 19.4. The van der Waals surface area contributed by atoms with Crippen molar-refractivity contribution in [3.8, 4) is 0 Å². The van der Waals surface area contributed by atoms with E-state index in [4.69, 9.17) is 0 Å². The van der Waals surface area contributed by atoms with Gasteiger partial charge in [-0.15, -0.1) is 0 Å². The van der Waals surface area contributed by atoms with E-state index < -0.39 is 11.7 Å². The van der Waals surface area contributed by atoms with E-state index in [0.717, 1.165) is 55.5 Å². The maximum atomic E-state index is 12.5. The number of nitrogens with one attached hydrogen (secondary N) is 3. The zero-order chi connectivity index (χ0) is 22.0. The van der Waals surface area contributed by atoms with Crippen LogP contribution in [0.4, 0.5) is 19.0 Å². The van der Waals surface area contributed by atoms with Gasteiger partial charge in [-0.1, -0.05) is 0 Å². The van der Waals surface area contributed by atoms with E-state index in [1.165, 1.54) is 6.07 Å². The number of aliphatic imine (C=N–C) groups is 1. The summed E-state index contributed by atoms with van der Waals surface area (Å²) in [7, 11) is 0. The monoisotopic (exact) mass is 425 g/mol. The van der Waals surface area contributed by atoms with E-state index in [-0.39, 0.29) is 0 Å². The van der Waals surface area contributed by atoms with Gasteiger partial charge in [-0.05, 0) is 51.8 Å². The number of guanidine groups is 1. The third kappa shape index (κ3) is 7.92. The van der Waals surface area contributed by atoms with Gasteiger partial charge in [-0.3, -0.25) is 9.67 Å². The second-order valence-electron chi connectivity index (χ2n) is 6.90. The lowest BCUT2D eigenvalue weighted by atomic mass is 10.3. The predicted molar refractivity (Wildman–Crippen MR) is 113 cm³/mol. The molecule has 0 aliphatic rings. The summed E-state index contributed by atoms with van der Waals surface area (Å²) in [5, 5.41) is 13.9. The fourth-order valence-electron chi connectivity index (χ4n) is 2.83. The first-order valence-corrected chi connectivity index (χ1v) is 10.1. The van der Waals surface area contributed by atoms with Gasteiger partial charge in [0.2, 0.25) is 0 Å². The molecular formula is C20H30F3N7. The lowest BCUT2D eigenvalue weighted by Gasteiger charge is -2.12. The topological polar surface area (TPSA) is 79.2 Å². The van der Waals surface area contributed by atoms with Gasteiger partial charge in [0.15, 0.2) is 5.96 Å². The third-order valence-corrected chi connectivity index (χ3v) is 4.29. The van der Waals surface area contributed by atoms with Crippen molar-refractivity contribution < 1.29 is 13.2 Å². The van der Waals surface area contributed by atoms with E-state index in [0.29, 0.717) is 25.5 Å². The van der Waals surface area contributed by atoms with Crippen molar-refractivity contribution in [3.63, 3.8) is 0 Å². The van der Waals surface area contributed by atoms with E-state index in [1.807, 2.05) is 25.5 Å². The molecule has 0 radical (unpaired) electrons. The molecule has 3 N–H and O–H groups in total. The normalized spacial score (nSPS) is 12.1. The Kier molecular flexibility index (Phi) is 8.94. The van der Waals surface area contributed by atoms with Gasteiger partial charge in [-0.25, -0.2) is 4.98 Å². The number of nitrogens with zero attached hydrogens (tertiary/aromatic N) is 4. The summed E-state index contributed by atoms with van der Waals surface area (Å²) in [4.78, 5) is 8.36. The Hall–Kier alpha value is -2.78. The molecule has 7 nitrogen and oxygen atoms in total. The minimum atomic E-state index is -4.37. The lowest BCUT2D eigenvalue weighted by Crippen LogP contribution is -2.38. The largest absolute Gasteiger partial charge is 0.417 e. The maximum Gasteiger partial charge on any atom is 0.417 e. The minimum Gasteiger partial charge on any atom is -0.370 e. The molecule has 166 valence electrons. The Bertz CT molecular complexity index is 798. The zero-order valence-electron chi connectivity index (χ0n) is 17.7. The summed E-state index contributed by atoms with van der Waals surface area (Å²) in [6, 6.07) is 4.42. The zero-order valence-corrected chi connectivity index (χ0v) is 17.7.